The van der Waals surface area contributed by atoms with Gasteiger partial charge < -0.3 is 20.3 Å². The van der Waals surface area contributed by atoms with Crippen LogP contribution in [0.5, 0.6) is 11.5 Å². The number of fused-ring (bicyclic) bond motifs is 1. The zero-order valence-corrected chi connectivity index (χ0v) is 17.7. The van der Waals surface area contributed by atoms with Crippen molar-refractivity contribution in [3.63, 3.8) is 0 Å². The summed E-state index contributed by atoms with van der Waals surface area (Å²) in [7, 11) is 0. The molecule has 10 heteroatoms. The van der Waals surface area contributed by atoms with Crippen molar-refractivity contribution >= 4 is 11.9 Å². The van der Waals surface area contributed by atoms with E-state index in [1.807, 2.05) is 6.07 Å². The Labute approximate surface area is 187 Å². The second-order valence-corrected chi connectivity index (χ2v) is 8.31. The number of carbonyl (C=O) groups excluding carboxylic acids is 2. The highest BCUT2D eigenvalue weighted by Gasteiger charge is 2.34. The molecule has 1 fully saturated rings. The first-order chi connectivity index (χ1) is 15.6. The van der Waals surface area contributed by atoms with Gasteiger partial charge in [0.25, 0.3) is 0 Å². The standard InChI is InChI=1S/C23H23F4N3O3/c24-20-11-18(5-6-19(20)23(25,26)27)33-17-4-3-14-7-9-29(13-16(14)10-17)21(31)15-2-1-8-30(12-15)22(28)32/h3-6,10-11,15H,1-2,7-9,12-13H2,(H2,28,32). The molecule has 0 aromatic heterocycles. The maximum Gasteiger partial charge on any atom is 0.419 e. The van der Waals surface area contributed by atoms with Crippen LogP contribution in [0.3, 0.4) is 0 Å². The number of alkyl halides is 3. The number of likely N-dealkylation sites (tertiary alicyclic amines) is 1. The number of urea groups is 1. The van der Waals surface area contributed by atoms with Gasteiger partial charge in [0.05, 0.1) is 11.5 Å². The van der Waals surface area contributed by atoms with Crippen LogP contribution in [0.15, 0.2) is 36.4 Å². The number of nitrogens with two attached hydrogens (primary N) is 1. The second-order valence-electron chi connectivity index (χ2n) is 8.31. The van der Waals surface area contributed by atoms with Crippen LogP contribution in [-0.2, 0) is 23.9 Å². The topological polar surface area (TPSA) is 75.9 Å². The number of nitrogens with zero attached hydrogens (tertiary/aromatic N) is 2. The molecule has 3 amide bonds. The Kier molecular flexibility index (Phi) is 6.18. The van der Waals surface area contributed by atoms with Gasteiger partial charge in [-0.3, -0.25) is 4.79 Å². The van der Waals surface area contributed by atoms with Gasteiger partial charge >= 0.3 is 12.2 Å². The third-order valence-corrected chi connectivity index (χ3v) is 6.07. The monoisotopic (exact) mass is 465 g/mol. The van der Waals surface area contributed by atoms with E-state index < -0.39 is 23.6 Å². The molecule has 6 nitrogen and oxygen atoms in total. The summed E-state index contributed by atoms with van der Waals surface area (Å²) >= 11 is 0. The minimum atomic E-state index is -4.78. The molecule has 0 saturated carbocycles. The van der Waals surface area contributed by atoms with Gasteiger partial charge in [0, 0.05) is 32.2 Å². The van der Waals surface area contributed by atoms with Crippen LogP contribution in [0.4, 0.5) is 22.4 Å². The van der Waals surface area contributed by atoms with E-state index in [1.165, 1.54) is 4.90 Å². The molecule has 1 atom stereocenters. The molecule has 0 spiro atoms. The van der Waals surface area contributed by atoms with Crippen molar-refractivity contribution in [3.05, 3.63) is 58.9 Å². The Morgan fingerprint density at radius 2 is 1.73 bits per heavy atom. The number of halogens is 4. The fourth-order valence-electron chi connectivity index (χ4n) is 4.35. The van der Waals surface area contributed by atoms with Crippen LogP contribution < -0.4 is 10.5 Å². The minimum Gasteiger partial charge on any atom is -0.457 e. The van der Waals surface area contributed by atoms with E-state index in [0.29, 0.717) is 63.3 Å². The average Bonchev–Trinajstić information content (AvgIpc) is 2.77. The smallest absolute Gasteiger partial charge is 0.419 e. The summed E-state index contributed by atoms with van der Waals surface area (Å²) in [5, 5.41) is 0. The van der Waals surface area contributed by atoms with Crippen LogP contribution >= 0.6 is 0 Å². The van der Waals surface area contributed by atoms with E-state index in [2.05, 4.69) is 0 Å². The first kappa shape index (κ1) is 22.9. The van der Waals surface area contributed by atoms with E-state index in [9.17, 15) is 27.2 Å². The van der Waals surface area contributed by atoms with Crippen molar-refractivity contribution in [2.75, 3.05) is 19.6 Å². The molecular weight excluding hydrogens is 442 g/mol. The third kappa shape index (κ3) is 5.04. The van der Waals surface area contributed by atoms with Crippen LogP contribution in [0, 0.1) is 11.7 Å². The molecular formula is C23H23F4N3O3. The van der Waals surface area contributed by atoms with Crippen LogP contribution in [0.25, 0.3) is 0 Å². The van der Waals surface area contributed by atoms with Gasteiger partial charge in [-0.05, 0) is 54.7 Å². The predicted molar refractivity (Wildman–Crippen MR) is 111 cm³/mol. The fourth-order valence-corrected chi connectivity index (χ4v) is 4.35. The molecule has 0 radical (unpaired) electrons. The molecule has 0 bridgehead atoms. The van der Waals surface area contributed by atoms with E-state index >= 15 is 0 Å². The fraction of sp³-hybridized carbons (Fsp3) is 0.391. The van der Waals surface area contributed by atoms with Crippen molar-refractivity contribution < 1.29 is 31.9 Å². The molecule has 2 aromatic rings. The number of ether oxygens (including phenoxy) is 1. The van der Waals surface area contributed by atoms with Crippen molar-refractivity contribution in [2.24, 2.45) is 11.7 Å². The lowest BCUT2D eigenvalue weighted by Crippen LogP contribution is -2.49. The molecule has 2 aliphatic heterocycles. The first-order valence-electron chi connectivity index (χ1n) is 10.6. The second kappa shape index (κ2) is 8.92. The summed E-state index contributed by atoms with van der Waals surface area (Å²) in [6.45, 7) is 1.75. The number of benzene rings is 2. The molecule has 176 valence electrons. The van der Waals surface area contributed by atoms with Gasteiger partial charge in [0.15, 0.2) is 0 Å². The summed E-state index contributed by atoms with van der Waals surface area (Å²) in [6.07, 6.45) is -2.74. The number of primary amides is 1. The Balaban J connectivity index is 1.46. The normalized spacial score (nSPS) is 18.6. The van der Waals surface area contributed by atoms with Crippen LogP contribution in [0.2, 0.25) is 0 Å². The third-order valence-electron chi connectivity index (χ3n) is 6.07. The number of hydrogen-bond acceptors (Lipinski definition) is 3. The Morgan fingerprint density at radius 3 is 2.42 bits per heavy atom. The lowest BCUT2D eigenvalue weighted by molar-refractivity contribution is -0.140. The van der Waals surface area contributed by atoms with Gasteiger partial charge in [0.1, 0.15) is 17.3 Å². The van der Waals surface area contributed by atoms with E-state index in [4.69, 9.17) is 10.5 Å². The summed E-state index contributed by atoms with van der Waals surface area (Å²) in [4.78, 5) is 27.7. The SMILES string of the molecule is NC(=O)N1CCCC(C(=O)N2CCc3ccc(Oc4ccc(C(F)(F)F)c(F)c4)cc3C2)C1. The Bertz CT molecular complexity index is 1070. The minimum absolute atomic E-state index is 0.0391. The van der Waals surface area contributed by atoms with Gasteiger partial charge in [-0.1, -0.05) is 6.07 Å². The van der Waals surface area contributed by atoms with Crippen molar-refractivity contribution in [3.8, 4) is 11.5 Å². The van der Waals surface area contributed by atoms with Crippen LogP contribution in [-0.4, -0.2) is 41.4 Å². The predicted octanol–water partition coefficient (Wildman–Crippen LogP) is 4.31. The molecule has 1 saturated heterocycles. The molecule has 0 aliphatic carbocycles. The highest BCUT2D eigenvalue weighted by Crippen LogP contribution is 2.34. The number of piperidine rings is 1. The number of amides is 3. The van der Waals surface area contributed by atoms with Gasteiger partial charge in [0.2, 0.25) is 5.91 Å². The maximum absolute atomic E-state index is 13.8. The van der Waals surface area contributed by atoms with Crippen molar-refractivity contribution in [2.45, 2.75) is 32.0 Å². The maximum atomic E-state index is 13.8. The molecule has 2 N–H and O–H groups in total. The zero-order valence-electron chi connectivity index (χ0n) is 17.7. The number of hydrogen-bond donors (Lipinski definition) is 1. The van der Waals surface area contributed by atoms with E-state index in [0.717, 1.165) is 17.2 Å². The molecule has 2 heterocycles. The highest BCUT2D eigenvalue weighted by molar-refractivity contribution is 5.81. The quantitative estimate of drug-likeness (QED) is 0.687. The van der Waals surface area contributed by atoms with Crippen molar-refractivity contribution in [1.82, 2.24) is 9.80 Å². The molecule has 4 rings (SSSR count). The molecule has 33 heavy (non-hydrogen) atoms. The molecule has 2 aromatic carbocycles. The summed E-state index contributed by atoms with van der Waals surface area (Å²) in [6, 6.07) is 7.09. The zero-order chi connectivity index (χ0) is 23.8. The number of rotatable bonds is 3. The van der Waals surface area contributed by atoms with Gasteiger partial charge in [-0.2, -0.15) is 13.2 Å². The Hall–Kier alpha value is -3.30. The Morgan fingerprint density at radius 1 is 1.00 bits per heavy atom. The first-order valence-corrected chi connectivity index (χ1v) is 10.6. The number of carbonyl (C=O) groups is 2. The van der Waals surface area contributed by atoms with E-state index in [1.54, 1.807) is 17.0 Å². The highest BCUT2D eigenvalue weighted by atomic mass is 19.4. The van der Waals surface area contributed by atoms with E-state index in [-0.39, 0.29) is 17.6 Å². The largest absolute Gasteiger partial charge is 0.457 e. The summed E-state index contributed by atoms with van der Waals surface area (Å²) in [5.41, 5.74) is 5.89. The average molecular weight is 465 g/mol. The molecule has 1 unspecified atom stereocenters. The summed E-state index contributed by atoms with van der Waals surface area (Å²) in [5.74, 6) is -1.48. The van der Waals surface area contributed by atoms with Gasteiger partial charge in [-0.25, -0.2) is 9.18 Å². The lowest BCUT2D eigenvalue weighted by Gasteiger charge is -2.36. The van der Waals surface area contributed by atoms with Crippen LogP contribution in [0.1, 0.15) is 29.5 Å². The molecule has 2 aliphatic rings. The summed E-state index contributed by atoms with van der Waals surface area (Å²) < 4.78 is 57.7. The van der Waals surface area contributed by atoms with Crippen molar-refractivity contribution in [1.29, 1.82) is 0 Å². The van der Waals surface area contributed by atoms with Gasteiger partial charge in [-0.15, -0.1) is 0 Å². The lowest BCUT2D eigenvalue weighted by atomic mass is 9.94.